The molecule has 1 aromatic heterocycles. The number of para-hydroxylation sites is 2. The molecule has 50 heavy (non-hydrogen) atoms. The van der Waals surface area contributed by atoms with Crippen LogP contribution < -0.4 is 4.90 Å². The van der Waals surface area contributed by atoms with Crippen LogP contribution in [0.25, 0.3) is 66.1 Å². The van der Waals surface area contributed by atoms with Crippen LogP contribution >= 0.6 is 0 Å². The Labute approximate surface area is 291 Å². The van der Waals surface area contributed by atoms with Gasteiger partial charge in [-0.05, 0) is 106 Å². The molecule has 0 amide bonds. The molecule has 10 rings (SSSR count). The predicted octanol–water partition coefficient (Wildman–Crippen LogP) is 13.2. The summed E-state index contributed by atoms with van der Waals surface area (Å²) in [4.78, 5) is 2.43. The van der Waals surface area contributed by atoms with Crippen LogP contribution in [0.2, 0.25) is 0 Å². The molecule has 0 atom stereocenters. The topological polar surface area (TPSA) is 8.17 Å². The normalized spacial score (nSPS) is 12.6. The van der Waals surface area contributed by atoms with Crippen molar-refractivity contribution in [2.45, 2.75) is 12.8 Å². The Balaban J connectivity index is 1.26. The largest absolute Gasteiger partial charge is 0.310 e. The first kappa shape index (κ1) is 28.6. The molecule has 8 aromatic carbocycles. The van der Waals surface area contributed by atoms with Crippen LogP contribution in [0.5, 0.6) is 0 Å². The lowest BCUT2D eigenvalue weighted by Gasteiger charge is -2.28. The lowest BCUT2D eigenvalue weighted by atomic mass is 9.91. The van der Waals surface area contributed by atoms with Crippen LogP contribution in [0.4, 0.5) is 17.1 Å². The van der Waals surface area contributed by atoms with Crippen molar-refractivity contribution >= 4 is 66.4 Å². The molecular weight excluding hydrogens is 605 g/mol. The second-order valence-corrected chi connectivity index (χ2v) is 13.2. The number of hydrogen-bond donors (Lipinski definition) is 0. The molecule has 0 radical (unpaired) electrons. The minimum atomic E-state index is 1.02. The van der Waals surface area contributed by atoms with Gasteiger partial charge in [-0.3, -0.25) is 0 Å². The summed E-state index contributed by atoms with van der Waals surface area (Å²) in [6.45, 7) is 0. The molecule has 1 heterocycles. The van der Waals surface area contributed by atoms with Gasteiger partial charge in [0.1, 0.15) is 0 Å². The first-order valence-corrected chi connectivity index (χ1v) is 17.5. The maximum absolute atomic E-state index is 2.49. The van der Waals surface area contributed by atoms with Gasteiger partial charge in [-0.25, -0.2) is 0 Å². The molecule has 0 spiro atoms. The molecule has 0 bridgehead atoms. The number of allylic oxidation sites excluding steroid dienone is 1. The van der Waals surface area contributed by atoms with Crippen molar-refractivity contribution in [3.05, 3.63) is 187 Å². The highest BCUT2D eigenvalue weighted by molar-refractivity contribution is 6.17. The summed E-state index contributed by atoms with van der Waals surface area (Å²) < 4.78 is 2.49. The van der Waals surface area contributed by atoms with Crippen molar-refractivity contribution < 1.29 is 0 Å². The highest BCUT2D eigenvalue weighted by atomic mass is 15.1. The third kappa shape index (κ3) is 4.49. The molecular formula is C48H34N2. The van der Waals surface area contributed by atoms with Crippen LogP contribution in [0.3, 0.4) is 0 Å². The number of benzene rings is 8. The van der Waals surface area contributed by atoms with Gasteiger partial charge in [-0.1, -0.05) is 127 Å². The lowest BCUT2D eigenvalue weighted by Crippen LogP contribution is -2.10. The summed E-state index contributed by atoms with van der Waals surface area (Å²) in [6, 6.07) is 62.0. The SMILES string of the molecule is C1=Cc2c(c3c(-c4cccc(N(c5ccccc5)c5cc6ccccc6c6ccccc56)c4)cc4ccccc4c3n2-c2ccccc2)CC1. The Bertz CT molecular complexity index is 2750. The number of hydrogen-bond acceptors (Lipinski definition) is 1. The van der Waals surface area contributed by atoms with Crippen LogP contribution in [-0.4, -0.2) is 4.57 Å². The van der Waals surface area contributed by atoms with E-state index in [0.717, 1.165) is 24.2 Å². The van der Waals surface area contributed by atoms with Gasteiger partial charge in [0.15, 0.2) is 0 Å². The lowest BCUT2D eigenvalue weighted by molar-refractivity contribution is 0.968. The summed E-state index contributed by atoms with van der Waals surface area (Å²) in [6.07, 6.45) is 6.73. The molecule has 0 unspecified atom stereocenters. The Morgan fingerprint density at radius 3 is 1.94 bits per heavy atom. The van der Waals surface area contributed by atoms with Crippen LogP contribution in [0, 0.1) is 0 Å². The van der Waals surface area contributed by atoms with Crippen LogP contribution in [0.1, 0.15) is 17.7 Å². The number of fused-ring (bicyclic) bond motifs is 8. The van der Waals surface area contributed by atoms with Crippen molar-refractivity contribution in [1.82, 2.24) is 4.57 Å². The fourth-order valence-electron chi connectivity index (χ4n) is 8.21. The van der Waals surface area contributed by atoms with E-state index in [1.54, 1.807) is 0 Å². The molecule has 0 saturated carbocycles. The molecule has 0 fully saturated rings. The van der Waals surface area contributed by atoms with Crippen molar-refractivity contribution in [2.75, 3.05) is 4.90 Å². The van der Waals surface area contributed by atoms with E-state index < -0.39 is 0 Å². The second-order valence-electron chi connectivity index (χ2n) is 13.2. The molecule has 236 valence electrons. The van der Waals surface area contributed by atoms with Gasteiger partial charge < -0.3 is 9.47 Å². The maximum atomic E-state index is 2.49. The zero-order valence-electron chi connectivity index (χ0n) is 27.6. The highest BCUT2D eigenvalue weighted by Gasteiger charge is 2.24. The third-order valence-electron chi connectivity index (χ3n) is 10.4. The van der Waals surface area contributed by atoms with E-state index in [2.05, 4.69) is 191 Å². The quantitative estimate of drug-likeness (QED) is 0.170. The van der Waals surface area contributed by atoms with Crippen molar-refractivity contribution in [1.29, 1.82) is 0 Å². The van der Waals surface area contributed by atoms with E-state index in [1.807, 2.05) is 0 Å². The summed E-state index contributed by atoms with van der Waals surface area (Å²) in [5.41, 5.74) is 11.1. The Kier molecular flexibility index (Phi) is 6.67. The highest BCUT2D eigenvalue weighted by Crippen LogP contribution is 2.46. The minimum absolute atomic E-state index is 1.02. The zero-order valence-corrected chi connectivity index (χ0v) is 27.6. The van der Waals surface area contributed by atoms with Crippen LogP contribution in [0.15, 0.2) is 176 Å². The van der Waals surface area contributed by atoms with E-state index >= 15 is 0 Å². The molecule has 2 nitrogen and oxygen atoms in total. The summed E-state index contributed by atoms with van der Waals surface area (Å²) in [5, 5.41) is 8.88. The number of rotatable bonds is 5. The first-order valence-electron chi connectivity index (χ1n) is 17.5. The third-order valence-corrected chi connectivity index (χ3v) is 10.4. The van der Waals surface area contributed by atoms with Gasteiger partial charge in [-0.2, -0.15) is 0 Å². The monoisotopic (exact) mass is 638 g/mol. The van der Waals surface area contributed by atoms with Gasteiger partial charge in [-0.15, -0.1) is 0 Å². The smallest absolute Gasteiger partial charge is 0.0622 e. The van der Waals surface area contributed by atoms with Crippen molar-refractivity contribution in [3.8, 4) is 16.8 Å². The van der Waals surface area contributed by atoms with Gasteiger partial charge in [0.2, 0.25) is 0 Å². The van der Waals surface area contributed by atoms with E-state index in [1.165, 1.54) is 77.0 Å². The molecule has 1 aliphatic carbocycles. The van der Waals surface area contributed by atoms with Crippen molar-refractivity contribution in [3.63, 3.8) is 0 Å². The van der Waals surface area contributed by atoms with Gasteiger partial charge in [0.25, 0.3) is 0 Å². The molecule has 0 saturated heterocycles. The molecule has 1 aliphatic rings. The van der Waals surface area contributed by atoms with Crippen LogP contribution in [-0.2, 0) is 6.42 Å². The molecule has 0 aliphatic heterocycles. The van der Waals surface area contributed by atoms with E-state index in [9.17, 15) is 0 Å². The Morgan fingerprint density at radius 2 is 1.14 bits per heavy atom. The predicted molar refractivity (Wildman–Crippen MR) is 213 cm³/mol. The standard InChI is InChI=1S/C48H34N2/c1-3-19-36(20-4-1)49(46-32-35-17-7-9-24-39(35)41-26-11-12-27-42(41)46)38-23-15-18-33(30-38)44-31-34-16-8-10-25-40(34)48-47(44)43-28-13-14-29-45(43)50(48)37-21-5-2-6-22-37/h1-12,14-27,29-32H,13,28H2. The van der Waals surface area contributed by atoms with Gasteiger partial charge in [0, 0.05) is 38.9 Å². The van der Waals surface area contributed by atoms with E-state index in [4.69, 9.17) is 0 Å². The molecule has 2 heteroatoms. The zero-order chi connectivity index (χ0) is 33.0. The molecule has 0 N–H and O–H groups in total. The van der Waals surface area contributed by atoms with Gasteiger partial charge in [0.05, 0.1) is 11.2 Å². The second kappa shape index (κ2) is 11.6. The number of anilines is 3. The number of aryl methyl sites for hydroxylation is 1. The number of nitrogens with zero attached hydrogens (tertiary/aromatic N) is 2. The fraction of sp³-hybridized carbons (Fsp3) is 0.0417. The maximum Gasteiger partial charge on any atom is 0.0622 e. The fourth-order valence-corrected chi connectivity index (χ4v) is 8.21. The Hall–Kier alpha value is -6.38. The average Bonchev–Trinajstić information content (AvgIpc) is 3.54. The van der Waals surface area contributed by atoms with Gasteiger partial charge >= 0.3 is 0 Å². The summed E-state index contributed by atoms with van der Waals surface area (Å²) >= 11 is 0. The minimum Gasteiger partial charge on any atom is -0.310 e. The first-order chi connectivity index (χ1) is 24.8. The number of aromatic nitrogens is 1. The Morgan fingerprint density at radius 1 is 0.500 bits per heavy atom. The van der Waals surface area contributed by atoms with E-state index in [-0.39, 0.29) is 0 Å². The average molecular weight is 639 g/mol. The van der Waals surface area contributed by atoms with Crippen molar-refractivity contribution in [2.24, 2.45) is 0 Å². The molecule has 9 aromatic rings. The summed E-state index contributed by atoms with van der Waals surface area (Å²) in [5.74, 6) is 0. The summed E-state index contributed by atoms with van der Waals surface area (Å²) in [7, 11) is 0. The van der Waals surface area contributed by atoms with E-state index in [0.29, 0.717) is 0 Å².